The molecule has 0 bridgehead atoms. The summed E-state index contributed by atoms with van der Waals surface area (Å²) in [6, 6.07) is 0. The SMILES string of the molecule is C=CC(=C)CC[C@]1(C)[C@H](C)C[C@H](O)[C@@]23C(=C[C@H](OC(=O)CCC)C[C@@H]12)[C@@H](OC)O[C@H]3OC(C)=O. The smallest absolute Gasteiger partial charge is 0.306 e. The summed E-state index contributed by atoms with van der Waals surface area (Å²) in [4.78, 5) is 24.5. The van der Waals surface area contributed by atoms with Crippen LogP contribution in [0.1, 0.15) is 66.2 Å². The van der Waals surface area contributed by atoms with Gasteiger partial charge in [-0.05, 0) is 55.4 Å². The molecular weight excluding hydrogens is 436 g/mol. The van der Waals surface area contributed by atoms with Crippen molar-refractivity contribution in [3.05, 3.63) is 36.5 Å². The second-order valence-corrected chi connectivity index (χ2v) is 10.3. The number of aliphatic hydroxyl groups is 1. The number of ether oxygens (including phenoxy) is 4. The third kappa shape index (κ3) is 4.50. The molecule has 0 radical (unpaired) electrons. The van der Waals surface area contributed by atoms with Crippen LogP contribution in [0, 0.1) is 22.7 Å². The number of allylic oxidation sites excluding steroid dienone is 2. The Labute approximate surface area is 203 Å². The van der Waals surface area contributed by atoms with Crippen molar-refractivity contribution >= 4 is 11.9 Å². The van der Waals surface area contributed by atoms with Crippen molar-refractivity contribution in [2.45, 2.75) is 91.0 Å². The summed E-state index contributed by atoms with van der Waals surface area (Å²) in [6.45, 7) is 15.6. The fraction of sp³-hybridized carbons (Fsp3) is 0.704. The standard InChI is InChI=1S/C27H40O7/c1-8-10-23(30)33-19-14-20-24(31-7)34-25(32-18(5)28)27(20)21(15-19)26(6,12-11-16(3)9-2)17(4)13-22(27)29/h9,14,17,19,21-22,24-25,29H,2-3,8,10-13,15H2,1,4-7H3/t17-,19+,21+,22+,24+,25-,26-,27-/m1/s1. The second-order valence-electron chi connectivity index (χ2n) is 10.3. The minimum atomic E-state index is -0.997. The van der Waals surface area contributed by atoms with Crippen molar-refractivity contribution in [1.29, 1.82) is 0 Å². The molecule has 1 heterocycles. The molecule has 190 valence electrons. The fourth-order valence-corrected chi connectivity index (χ4v) is 6.39. The van der Waals surface area contributed by atoms with Gasteiger partial charge in [-0.15, -0.1) is 0 Å². The summed E-state index contributed by atoms with van der Waals surface area (Å²) in [5.74, 6) is -0.785. The highest BCUT2D eigenvalue weighted by Gasteiger charge is 2.70. The van der Waals surface area contributed by atoms with Gasteiger partial charge in [0.15, 0.2) is 6.29 Å². The monoisotopic (exact) mass is 476 g/mol. The van der Waals surface area contributed by atoms with E-state index >= 15 is 0 Å². The Morgan fingerprint density at radius 1 is 1.29 bits per heavy atom. The number of aliphatic hydroxyl groups excluding tert-OH is 1. The highest BCUT2D eigenvalue weighted by Crippen LogP contribution is 2.67. The van der Waals surface area contributed by atoms with Gasteiger partial charge in [0.05, 0.1) is 11.5 Å². The molecule has 1 saturated heterocycles. The lowest BCUT2D eigenvalue weighted by Crippen LogP contribution is -2.63. The maximum atomic E-state index is 12.4. The lowest BCUT2D eigenvalue weighted by atomic mass is 9.45. The van der Waals surface area contributed by atoms with Gasteiger partial charge in [0.1, 0.15) is 6.10 Å². The number of methoxy groups -OCH3 is 1. The van der Waals surface area contributed by atoms with E-state index in [1.165, 1.54) is 14.0 Å². The number of hydrogen-bond acceptors (Lipinski definition) is 7. The molecule has 2 fully saturated rings. The molecule has 1 spiro atoms. The molecule has 8 atom stereocenters. The van der Waals surface area contributed by atoms with Crippen LogP contribution >= 0.6 is 0 Å². The van der Waals surface area contributed by atoms with Crippen LogP contribution in [0.5, 0.6) is 0 Å². The zero-order chi connectivity index (χ0) is 25.3. The van der Waals surface area contributed by atoms with E-state index in [2.05, 4.69) is 27.0 Å². The first-order valence-electron chi connectivity index (χ1n) is 12.3. The third-order valence-corrected chi connectivity index (χ3v) is 8.35. The molecule has 3 aliphatic rings. The lowest BCUT2D eigenvalue weighted by Gasteiger charge is -2.60. The van der Waals surface area contributed by atoms with Gasteiger partial charge in [0.2, 0.25) is 6.29 Å². The maximum absolute atomic E-state index is 12.4. The molecule has 34 heavy (non-hydrogen) atoms. The Morgan fingerprint density at radius 2 is 2.00 bits per heavy atom. The first kappa shape index (κ1) is 26.6. The number of hydrogen-bond donors (Lipinski definition) is 1. The van der Waals surface area contributed by atoms with Gasteiger partial charge in [-0.3, -0.25) is 9.59 Å². The van der Waals surface area contributed by atoms with Crippen LogP contribution in [-0.2, 0) is 28.5 Å². The summed E-state index contributed by atoms with van der Waals surface area (Å²) in [7, 11) is 1.52. The molecule has 0 aromatic carbocycles. The zero-order valence-electron chi connectivity index (χ0n) is 21.2. The van der Waals surface area contributed by atoms with E-state index in [1.807, 2.05) is 13.0 Å². The van der Waals surface area contributed by atoms with Crippen molar-refractivity contribution in [3.8, 4) is 0 Å². The third-order valence-electron chi connectivity index (χ3n) is 8.35. The molecule has 0 aromatic heterocycles. The molecule has 3 rings (SSSR count). The molecule has 2 aliphatic carbocycles. The van der Waals surface area contributed by atoms with E-state index < -0.39 is 36.2 Å². The molecular formula is C27H40O7. The number of carbonyl (C=O) groups excluding carboxylic acids is 2. The average molecular weight is 477 g/mol. The molecule has 0 amide bonds. The Balaban J connectivity index is 2.14. The number of esters is 2. The Hall–Kier alpha value is -1.96. The molecule has 1 aliphatic heterocycles. The van der Waals surface area contributed by atoms with Crippen molar-refractivity contribution in [2.24, 2.45) is 22.7 Å². The topological polar surface area (TPSA) is 91.3 Å². The van der Waals surface area contributed by atoms with Crippen LogP contribution < -0.4 is 0 Å². The van der Waals surface area contributed by atoms with E-state index in [-0.39, 0.29) is 23.2 Å². The molecule has 0 unspecified atom stereocenters. The molecule has 1 N–H and O–H groups in total. The molecule has 1 saturated carbocycles. The summed E-state index contributed by atoms with van der Waals surface area (Å²) in [5, 5.41) is 11.6. The maximum Gasteiger partial charge on any atom is 0.306 e. The number of rotatable bonds is 9. The zero-order valence-corrected chi connectivity index (χ0v) is 21.2. The Morgan fingerprint density at radius 3 is 2.59 bits per heavy atom. The summed E-state index contributed by atoms with van der Waals surface area (Å²) in [5.41, 5.74) is 0.362. The van der Waals surface area contributed by atoms with E-state index in [0.717, 1.165) is 18.4 Å². The normalized spacial score (nSPS) is 38.8. The minimum Gasteiger partial charge on any atom is -0.458 e. The van der Waals surface area contributed by atoms with Crippen LogP contribution in [0.3, 0.4) is 0 Å². The predicted molar refractivity (Wildman–Crippen MR) is 127 cm³/mol. The first-order valence-corrected chi connectivity index (χ1v) is 12.3. The fourth-order valence-electron chi connectivity index (χ4n) is 6.39. The predicted octanol–water partition coefficient (Wildman–Crippen LogP) is 4.45. The van der Waals surface area contributed by atoms with Gasteiger partial charge >= 0.3 is 11.9 Å². The highest BCUT2D eigenvalue weighted by atomic mass is 16.8. The largest absolute Gasteiger partial charge is 0.458 e. The van der Waals surface area contributed by atoms with Gasteiger partial charge < -0.3 is 24.1 Å². The van der Waals surface area contributed by atoms with E-state index in [0.29, 0.717) is 31.3 Å². The van der Waals surface area contributed by atoms with Crippen molar-refractivity contribution in [2.75, 3.05) is 7.11 Å². The molecule has 7 nitrogen and oxygen atoms in total. The lowest BCUT2D eigenvalue weighted by molar-refractivity contribution is -0.254. The minimum absolute atomic E-state index is 0.154. The van der Waals surface area contributed by atoms with Gasteiger partial charge in [-0.2, -0.15) is 0 Å². The molecule has 7 heteroatoms. The van der Waals surface area contributed by atoms with Crippen LogP contribution in [0.15, 0.2) is 36.5 Å². The Kier molecular flexibility index (Phi) is 8.10. The first-order chi connectivity index (χ1) is 16.0. The van der Waals surface area contributed by atoms with E-state index in [1.54, 1.807) is 6.08 Å². The van der Waals surface area contributed by atoms with Crippen LogP contribution in [0.4, 0.5) is 0 Å². The van der Waals surface area contributed by atoms with Gasteiger partial charge in [0.25, 0.3) is 0 Å². The van der Waals surface area contributed by atoms with Crippen LogP contribution in [0.25, 0.3) is 0 Å². The van der Waals surface area contributed by atoms with Crippen LogP contribution in [-0.4, -0.2) is 48.9 Å². The van der Waals surface area contributed by atoms with Crippen molar-refractivity contribution in [1.82, 2.24) is 0 Å². The van der Waals surface area contributed by atoms with E-state index in [4.69, 9.17) is 18.9 Å². The highest BCUT2D eigenvalue weighted by molar-refractivity contribution is 5.69. The summed E-state index contributed by atoms with van der Waals surface area (Å²) < 4.78 is 23.3. The van der Waals surface area contributed by atoms with Crippen LogP contribution in [0.2, 0.25) is 0 Å². The average Bonchev–Trinajstić information content (AvgIpc) is 3.09. The Bertz CT molecular complexity index is 848. The summed E-state index contributed by atoms with van der Waals surface area (Å²) in [6.07, 6.45) is 4.11. The van der Waals surface area contributed by atoms with Gasteiger partial charge in [0, 0.05) is 26.0 Å². The quantitative estimate of drug-likeness (QED) is 0.299. The molecule has 0 aromatic rings. The number of carbonyl (C=O) groups is 2. The van der Waals surface area contributed by atoms with Crippen molar-refractivity contribution in [3.63, 3.8) is 0 Å². The van der Waals surface area contributed by atoms with Crippen molar-refractivity contribution < 1.29 is 33.6 Å². The van der Waals surface area contributed by atoms with Gasteiger partial charge in [-0.1, -0.05) is 45.6 Å². The van der Waals surface area contributed by atoms with E-state index in [9.17, 15) is 14.7 Å². The second kappa shape index (κ2) is 10.3. The van der Waals surface area contributed by atoms with Gasteiger partial charge in [-0.25, -0.2) is 0 Å². The summed E-state index contributed by atoms with van der Waals surface area (Å²) >= 11 is 0.